The summed E-state index contributed by atoms with van der Waals surface area (Å²) in [5.74, 6) is 0. The molecule has 70 valence electrons. The fourth-order valence-electron chi connectivity index (χ4n) is 1.75. The maximum atomic E-state index is 8.85. The van der Waals surface area contributed by atoms with Gasteiger partial charge in [0.2, 0.25) is 0 Å². The first-order valence-electron chi connectivity index (χ1n) is 4.70. The lowest BCUT2D eigenvalue weighted by Gasteiger charge is -2.16. The van der Waals surface area contributed by atoms with Crippen molar-refractivity contribution in [2.24, 2.45) is 0 Å². The average Bonchev–Trinajstić information content (AvgIpc) is 2.40. The first-order chi connectivity index (χ1) is 6.11. The Labute approximate surface area is 79.8 Å². The van der Waals surface area contributed by atoms with Crippen LogP contribution in [0, 0.1) is 25.2 Å². The first kappa shape index (κ1) is 9.85. The zero-order valence-corrected chi connectivity index (χ0v) is 8.76. The van der Waals surface area contributed by atoms with Gasteiger partial charge in [-0.15, -0.1) is 0 Å². The molecule has 1 heterocycles. The second-order valence-corrected chi connectivity index (χ2v) is 3.52. The third kappa shape index (κ3) is 1.60. The minimum atomic E-state index is 0.488. The van der Waals surface area contributed by atoms with Gasteiger partial charge in [-0.2, -0.15) is 5.26 Å². The fourth-order valence-corrected chi connectivity index (χ4v) is 1.75. The largest absolute Gasteiger partial charge is 0.345 e. The molecule has 0 aliphatic rings. The van der Waals surface area contributed by atoms with Crippen LogP contribution in [0.4, 0.5) is 0 Å². The van der Waals surface area contributed by atoms with Crippen LogP contribution in [-0.2, 0) is 0 Å². The van der Waals surface area contributed by atoms with Gasteiger partial charge in [-0.1, -0.05) is 6.92 Å². The van der Waals surface area contributed by atoms with Crippen molar-refractivity contribution in [2.45, 2.75) is 40.2 Å². The summed E-state index contributed by atoms with van der Waals surface area (Å²) in [5, 5.41) is 8.85. The van der Waals surface area contributed by atoms with Gasteiger partial charge in [0.1, 0.15) is 6.07 Å². The van der Waals surface area contributed by atoms with Gasteiger partial charge in [-0.3, -0.25) is 0 Å². The summed E-state index contributed by atoms with van der Waals surface area (Å²) in [6.07, 6.45) is 1.10. The molecule has 1 aromatic rings. The summed E-state index contributed by atoms with van der Waals surface area (Å²) in [4.78, 5) is 0. The van der Waals surface area contributed by atoms with E-state index in [2.05, 4.69) is 31.4 Å². The maximum Gasteiger partial charge on any atom is 0.101 e. The normalized spacial score (nSPS) is 12.5. The first-order valence-corrected chi connectivity index (χ1v) is 4.70. The lowest BCUT2D eigenvalue weighted by atomic mass is 10.2. The fraction of sp³-hybridized carbons (Fsp3) is 0.545. The van der Waals surface area contributed by atoms with Crippen LogP contribution in [-0.4, -0.2) is 4.57 Å². The Balaban J connectivity index is 3.22. The van der Waals surface area contributed by atoms with E-state index in [0.29, 0.717) is 6.04 Å². The van der Waals surface area contributed by atoms with Gasteiger partial charge in [-0.25, -0.2) is 0 Å². The van der Waals surface area contributed by atoms with Crippen molar-refractivity contribution in [1.82, 2.24) is 4.57 Å². The average molecular weight is 176 g/mol. The van der Waals surface area contributed by atoms with E-state index in [4.69, 9.17) is 5.26 Å². The molecule has 1 aromatic heterocycles. The topological polar surface area (TPSA) is 28.7 Å². The predicted molar refractivity (Wildman–Crippen MR) is 53.6 cm³/mol. The van der Waals surface area contributed by atoms with Crippen LogP contribution in [0.25, 0.3) is 0 Å². The van der Waals surface area contributed by atoms with Crippen LogP contribution in [0.15, 0.2) is 6.07 Å². The van der Waals surface area contributed by atoms with Crippen molar-refractivity contribution in [3.05, 3.63) is 23.0 Å². The van der Waals surface area contributed by atoms with E-state index in [1.54, 1.807) is 0 Å². The molecule has 0 saturated heterocycles. The molecule has 0 fully saturated rings. The Morgan fingerprint density at radius 3 is 2.54 bits per heavy atom. The molecule has 0 bridgehead atoms. The Hall–Kier alpha value is -1.23. The van der Waals surface area contributed by atoms with E-state index in [1.807, 2.05) is 13.0 Å². The summed E-state index contributed by atoms with van der Waals surface area (Å²) in [5.41, 5.74) is 3.08. The highest BCUT2D eigenvalue weighted by Gasteiger charge is 2.11. The standard InChI is InChI=1S/C11H16N2/c1-5-8(2)13-9(3)6-11(7-12)10(13)4/h6,8H,5H2,1-4H3/t8-/m1/s1. The minimum Gasteiger partial charge on any atom is -0.345 e. The zero-order valence-electron chi connectivity index (χ0n) is 8.76. The predicted octanol–water partition coefficient (Wildman–Crippen LogP) is 2.95. The van der Waals surface area contributed by atoms with Crippen LogP contribution in [0.3, 0.4) is 0 Å². The molecule has 0 amide bonds. The van der Waals surface area contributed by atoms with E-state index in [9.17, 15) is 0 Å². The second-order valence-electron chi connectivity index (χ2n) is 3.52. The highest BCUT2D eigenvalue weighted by Crippen LogP contribution is 2.21. The number of aryl methyl sites for hydroxylation is 1. The number of nitrogens with zero attached hydrogens (tertiary/aromatic N) is 2. The van der Waals surface area contributed by atoms with Crippen molar-refractivity contribution in [2.75, 3.05) is 0 Å². The van der Waals surface area contributed by atoms with E-state index >= 15 is 0 Å². The molecule has 2 nitrogen and oxygen atoms in total. The molecular weight excluding hydrogens is 160 g/mol. The molecule has 0 N–H and O–H groups in total. The van der Waals surface area contributed by atoms with Crippen molar-refractivity contribution < 1.29 is 0 Å². The van der Waals surface area contributed by atoms with Crippen LogP contribution in [0.5, 0.6) is 0 Å². The maximum absolute atomic E-state index is 8.85. The highest BCUT2D eigenvalue weighted by molar-refractivity contribution is 5.37. The van der Waals surface area contributed by atoms with Crippen molar-refractivity contribution in [3.63, 3.8) is 0 Å². The summed E-state index contributed by atoms with van der Waals surface area (Å²) in [6, 6.07) is 4.66. The summed E-state index contributed by atoms with van der Waals surface area (Å²) in [6.45, 7) is 8.41. The second kappa shape index (κ2) is 3.66. The summed E-state index contributed by atoms with van der Waals surface area (Å²) in [7, 11) is 0. The van der Waals surface area contributed by atoms with Gasteiger partial charge in [0.15, 0.2) is 0 Å². The number of aromatic nitrogens is 1. The molecule has 13 heavy (non-hydrogen) atoms. The quantitative estimate of drug-likeness (QED) is 0.681. The Kier molecular flexibility index (Phi) is 2.77. The van der Waals surface area contributed by atoms with Gasteiger partial charge in [-0.05, 0) is 33.3 Å². The summed E-state index contributed by atoms with van der Waals surface area (Å²) < 4.78 is 2.23. The Morgan fingerprint density at radius 2 is 2.15 bits per heavy atom. The molecule has 2 heteroatoms. The smallest absolute Gasteiger partial charge is 0.101 e. The van der Waals surface area contributed by atoms with Crippen molar-refractivity contribution in [1.29, 1.82) is 5.26 Å². The molecule has 1 rings (SSSR count). The molecule has 0 radical (unpaired) electrons. The van der Waals surface area contributed by atoms with Gasteiger partial charge in [0.05, 0.1) is 5.56 Å². The highest BCUT2D eigenvalue weighted by atomic mass is 15.0. The van der Waals surface area contributed by atoms with E-state index in [0.717, 1.165) is 17.7 Å². The van der Waals surface area contributed by atoms with Gasteiger partial charge >= 0.3 is 0 Å². The monoisotopic (exact) mass is 176 g/mol. The molecule has 0 aromatic carbocycles. The SMILES string of the molecule is CC[C@@H](C)n1c(C)cc(C#N)c1C. The summed E-state index contributed by atoms with van der Waals surface area (Å²) >= 11 is 0. The van der Waals surface area contributed by atoms with E-state index in [-0.39, 0.29) is 0 Å². The number of nitriles is 1. The third-order valence-electron chi connectivity index (χ3n) is 2.64. The molecular formula is C11H16N2. The van der Waals surface area contributed by atoms with Crippen LogP contribution in [0.1, 0.15) is 43.3 Å². The van der Waals surface area contributed by atoms with Gasteiger partial charge in [0, 0.05) is 17.4 Å². The third-order valence-corrected chi connectivity index (χ3v) is 2.64. The molecule has 0 unspecified atom stereocenters. The van der Waals surface area contributed by atoms with Crippen LogP contribution in [0.2, 0.25) is 0 Å². The number of hydrogen-bond acceptors (Lipinski definition) is 1. The van der Waals surface area contributed by atoms with Crippen molar-refractivity contribution in [3.8, 4) is 6.07 Å². The van der Waals surface area contributed by atoms with Gasteiger partial charge < -0.3 is 4.57 Å². The zero-order chi connectivity index (χ0) is 10.0. The van der Waals surface area contributed by atoms with Crippen LogP contribution < -0.4 is 0 Å². The lowest BCUT2D eigenvalue weighted by Crippen LogP contribution is -2.07. The number of rotatable bonds is 2. The van der Waals surface area contributed by atoms with E-state index < -0.39 is 0 Å². The Bertz CT molecular complexity index is 342. The van der Waals surface area contributed by atoms with Crippen LogP contribution >= 0.6 is 0 Å². The molecule has 0 saturated carbocycles. The van der Waals surface area contributed by atoms with Gasteiger partial charge in [0.25, 0.3) is 0 Å². The van der Waals surface area contributed by atoms with E-state index in [1.165, 1.54) is 5.69 Å². The lowest BCUT2D eigenvalue weighted by molar-refractivity contribution is 0.511. The molecule has 1 atom stereocenters. The molecule has 0 aliphatic heterocycles. The molecule has 0 spiro atoms. The minimum absolute atomic E-state index is 0.488. The number of hydrogen-bond donors (Lipinski definition) is 0. The molecule has 0 aliphatic carbocycles. The Morgan fingerprint density at radius 1 is 1.54 bits per heavy atom. The van der Waals surface area contributed by atoms with Crippen molar-refractivity contribution >= 4 is 0 Å².